The van der Waals surface area contributed by atoms with Crippen molar-refractivity contribution in [3.8, 4) is 0 Å². The van der Waals surface area contributed by atoms with Crippen LogP contribution in [0.4, 0.5) is 0 Å². The van der Waals surface area contributed by atoms with Crippen molar-refractivity contribution in [2.24, 2.45) is 23.2 Å². The molecular weight excluding hydrogens is 258 g/mol. The van der Waals surface area contributed by atoms with E-state index in [-0.39, 0.29) is 23.8 Å². The Labute approximate surface area is 120 Å². The van der Waals surface area contributed by atoms with Gasteiger partial charge in [-0.3, -0.25) is 9.59 Å². The van der Waals surface area contributed by atoms with Gasteiger partial charge in [0.1, 0.15) is 0 Å². The topological polar surface area (TPSA) is 86.6 Å². The van der Waals surface area contributed by atoms with Crippen LogP contribution < -0.4 is 5.32 Å². The second-order valence-electron chi connectivity index (χ2n) is 7.29. The SMILES string of the molecule is CC1CC(C(=O)O)C(C(=O)NCC(O)CC(C)(C)C)C1. The van der Waals surface area contributed by atoms with Gasteiger partial charge in [-0.1, -0.05) is 27.7 Å². The van der Waals surface area contributed by atoms with Gasteiger partial charge in [0.25, 0.3) is 0 Å². The molecule has 0 heterocycles. The molecule has 0 aromatic carbocycles. The Morgan fingerprint density at radius 3 is 2.30 bits per heavy atom. The highest BCUT2D eigenvalue weighted by molar-refractivity contribution is 5.85. The molecule has 5 nitrogen and oxygen atoms in total. The Hall–Kier alpha value is -1.10. The lowest BCUT2D eigenvalue weighted by atomic mass is 9.89. The minimum atomic E-state index is -0.898. The minimum Gasteiger partial charge on any atom is -0.481 e. The number of carbonyl (C=O) groups excluding carboxylic acids is 1. The third-order valence-electron chi connectivity index (χ3n) is 3.81. The summed E-state index contributed by atoms with van der Waals surface area (Å²) in [5.74, 6) is -1.94. The summed E-state index contributed by atoms with van der Waals surface area (Å²) in [5, 5.41) is 21.7. The number of aliphatic hydroxyl groups is 1. The summed E-state index contributed by atoms with van der Waals surface area (Å²) in [4.78, 5) is 23.2. The summed E-state index contributed by atoms with van der Waals surface area (Å²) in [5.41, 5.74) is -0.00435. The van der Waals surface area contributed by atoms with Gasteiger partial charge in [-0.25, -0.2) is 0 Å². The van der Waals surface area contributed by atoms with Crippen molar-refractivity contribution in [2.75, 3.05) is 6.54 Å². The lowest BCUT2D eigenvalue weighted by Gasteiger charge is -2.23. The van der Waals surface area contributed by atoms with Gasteiger partial charge in [-0.2, -0.15) is 0 Å². The lowest BCUT2D eigenvalue weighted by molar-refractivity contribution is -0.146. The fourth-order valence-corrected chi connectivity index (χ4v) is 2.98. The van der Waals surface area contributed by atoms with Crippen molar-refractivity contribution >= 4 is 11.9 Å². The van der Waals surface area contributed by atoms with Crippen LogP contribution in [0.25, 0.3) is 0 Å². The number of carboxylic acids is 1. The lowest BCUT2D eigenvalue weighted by Crippen LogP contribution is -2.40. The molecule has 0 aromatic rings. The number of carbonyl (C=O) groups is 2. The molecule has 0 radical (unpaired) electrons. The minimum absolute atomic E-state index is 0.00435. The first-order chi connectivity index (χ1) is 9.10. The molecule has 0 aromatic heterocycles. The number of rotatable bonds is 5. The molecule has 1 aliphatic carbocycles. The maximum atomic E-state index is 12.1. The van der Waals surface area contributed by atoms with E-state index in [1.54, 1.807) is 0 Å². The normalized spacial score (nSPS) is 28.1. The van der Waals surface area contributed by atoms with Crippen LogP contribution in [0.3, 0.4) is 0 Å². The van der Waals surface area contributed by atoms with Crippen LogP contribution in [0.2, 0.25) is 0 Å². The van der Waals surface area contributed by atoms with Crippen LogP contribution in [0.5, 0.6) is 0 Å². The maximum absolute atomic E-state index is 12.1. The summed E-state index contributed by atoms with van der Waals surface area (Å²) < 4.78 is 0. The number of hydrogen-bond donors (Lipinski definition) is 3. The monoisotopic (exact) mass is 285 g/mol. The second-order valence-corrected chi connectivity index (χ2v) is 7.29. The zero-order chi connectivity index (χ0) is 15.5. The summed E-state index contributed by atoms with van der Waals surface area (Å²) in [7, 11) is 0. The van der Waals surface area contributed by atoms with Crippen LogP contribution in [0, 0.1) is 23.2 Å². The average Bonchev–Trinajstić information content (AvgIpc) is 2.66. The fraction of sp³-hybridized carbons (Fsp3) is 0.867. The average molecular weight is 285 g/mol. The number of amides is 1. The van der Waals surface area contributed by atoms with Crippen LogP contribution in [0.15, 0.2) is 0 Å². The molecule has 1 aliphatic rings. The Balaban J connectivity index is 2.48. The van der Waals surface area contributed by atoms with Gasteiger partial charge in [0.15, 0.2) is 0 Å². The third kappa shape index (κ3) is 5.12. The van der Waals surface area contributed by atoms with E-state index in [0.29, 0.717) is 19.3 Å². The number of nitrogens with one attached hydrogen (secondary N) is 1. The standard InChI is InChI=1S/C15H27NO4/c1-9-5-11(12(6-9)14(19)20)13(18)16-8-10(17)7-15(2,3)4/h9-12,17H,5-8H2,1-4H3,(H,16,18)(H,19,20). The van der Waals surface area contributed by atoms with E-state index >= 15 is 0 Å². The predicted octanol–water partition coefficient (Wildman–Crippen LogP) is 1.65. The first kappa shape index (κ1) is 17.0. The van der Waals surface area contributed by atoms with Gasteiger partial charge in [0.05, 0.1) is 17.9 Å². The highest BCUT2D eigenvalue weighted by Crippen LogP contribution is 2.36. The van der Waals surface area contributed by atoms with E-state index in [2.05, 4.69) is 5.32 Å². The van der Waals surface area contributed by atoms with E-state index in [1.807, 2.05) is 27.7 Å². The van der Waals surface area contributed by atoms with Gasteiger partial charge in [0, 0.05) is 6.54 Å². The van der Waals surface area contributed by atoms with Crippen molar-refractivity contribution in [3.63, 3.8) is 0 Å². The summed E-state index contributed by atoms with van der Waals surface area (Å²) >= 11 is 0. The summed E-state index contributed by atoms with van der Waals surface area (Å²) in [6.07, 6.45) is 1.16. The molecule has 1 rings (SSSR count). The molecule has 0 saturated heterocycles. The van der Waals surface area contributed by atoms with E-state index in [1.165, 1.54) is 0 Å². The second kappa shape index (κ2) is 6.57. The molecule has 1 fully saturated rings. The summed E-state index contributed by atoms with van der Waals surface area (Å²) in [6, 6.07) is 0. The van der Waals surface area contributed by atoms with Gasteiger partial charge in [-0.05, 0) is 30.6 Å². The molecule has 0 bridgehead atoms. The third-order valence-corrected chi connectivity index (χ3v) is 3.81. The molecule has 4 unspecified atom stereocenters. The smallest absolute Gasteiger partial charge is 0.307 e. The van der Waals surface area contributed by atoms with E-state index in [0.717, 1.165) is 0 Å². The fourth-order valence-electron chi connectivity index (χ4n) is 2.98. The van der Waals surface area contributed by atoms with Crippen LogP contribution in [-0.2, 0) is 9.59 Å². The van der Waals surface area contributed by atoms with Crippen molar-refractivity contribution in [1.82, 2.24) is 5.32 Å². The number of hydrogen-bond acceptors (Lipinski definition) is 3. The molecule has 4 atom stereocenters. The quantitative estimate of drug-likeness (QED) is 0.717. The van der Waals surface area contributed by atoms with Gasteiger partial charge in [0.2, 0.25) is 5.91 Å². The Morgan fingerprint density at radius 2 is 1.80 bits per heavy atom. The number of aliphatic hydroxyl groups excluding tert-OH is 1. The van der Waals surface area contributed by atoms with E-state index in [9.17, 15) is 14.7 Å². The Bertz CT molecular complexity index is 361. The zero-order valence-corrected chi connectivity index (χ0v) is 12.8. The van der Waals surface area contributed by atoms with E-state index < -0.39 is 23.9 Å². The first-order valence-electron chi connectivity index (χ1n) is 7.28. The van der Waals surface area contributed by atoms with Crippen LogP contribution in [-0.4, -0.2) is 34.7 Å². The Morgan fingerprint density at radius 1 is 1.25 bits per heavy atom. The molecule has 0 spiro atoms. The van der Waals surface area contributed by atoms with Crippen molar-refractivity contribution in [3.05, 3.63) is 0 Å². The molecule has 0 aliphatic heterocycles. The van der Waals surface area contributed by atoms with Crippen molar-refractivity contribution in [2.45, 2.75) is 53.1 Å². The van der Waals surface area contributed by atoms with Crippen molar-refractivity contribution < 1.29 is 19.8 Å². The zero-order valence-electron chi connectivity index (χ0n) is 12.8. The van der Waals surface area contributed by atoms with E-state index in [4.69, 9.17) is 5.11 Å². The first-order valence-corrected chi connectivity index (χ1v) is 7.28. The maximum Gasteiger partial charge on any atom is 0.307 e. The number of aliphatic carboxylic acids is 1. The van der Waals surface area contributed by atoms with Gasteiger partial charge in [-0.15, -0.1) is 0 Å². The molecule has 20 heavy (non-hydrogen) atoms. The van der Waals surface area contributed by atoms with Gasteiger partial charge < -0.3 is 15.5 Å². The van der Waals surface area contributed by atoms with Gasteiger partial charge >= 0.3 is 5.97 Å². The molecule has 116 valence electrons. The molecule has 3 N–H and O–H groups in total. The molecule has 5 heteroatoms. The highest BCUT2D eigenvalue weighted by Gasteiger charge is 2.41. The largest absolute Gasteiger partial charge is 0.481 e. The molecule has 1 amide bonds. The summed E-state index contributed by atoms with van der Waals surface area (Å²) in [6.45, 7) is 8.23. The number of carboxylic acid groups (broad SMARTS) is 1. The van der Waals surface area contributed by atoms with Crippen LogP contribution in [0.1, 0.15) is 47.0 Å². The van der Waals surface area contributed by atoms with Crippen molar-refractivity contribution in [1.29, 1.82) is 0 Å². The predicted molar refractivity (Wildman–Crippen MR) is 76.1 cm³/mol. The molecular formula is C15H27NO4. The highest BCUT2D eigenvalue weighted by atomic mass is 16.4. The Kier molecular flexibility index (Phi) is 5.57. The van der Waals surface area contributed by atoms with Crippen LogP contribution >= 0.6 is 0 Å². The molecule has 1 saturated carbocycles.